The van der Waals surface area contributed by atoms with E-state index < -0.39 is 9.84 Å². The average Bonchev–Trinajstić information content (AvgIpc) is 2.78. The van der Waals surface area contributed by atoms with Gasteiger partial charge in [0.05, 0.1) is 11.5 Å². The van der Waals surface area contributed by atoms with Crippen LogP contribution >= 0.6 is 12.4 Å². The number of halogens is 1. The first-order valence-electron chi connectivity index (χ1n) is 7.72. The number of rotatable bonds is 5. The minimum absolute atomic E-state index is 0. The van der Waals surface area contributed by atoms with E-state index in [2.05, 4.69) is 5.32 Å². The lowest BCUT2D eigenvalue weighted by Gasteiger charge is -2.28. The maximum Gasteiger partial charge on any atom is 0.222 e. The molecule has 2 heterocycles. The second-order valence-corrected chi connectivity index (χ2v) is 8.20. The molecule has 0 bridgehead atoms. The fourth-order valence-electron chi connectivity index (χ4n) is 3.30. The van der Waals surface area contributed by atoms with E-state index in [-0.39, 0.29) is 35.9 Å². The van der Waals surface area contributed by atoms with E-state index in [1.165, 1.54) is 0 Å². The highest BCUT2D eigenvalue weighted by Crippen LogP contribution is 2.22. The van der Waals surface area contributed by atoms with Crippen LogP contribution in [-0.4, -0.2) is 56.4 Å². The summed E-state index contributed by atoms with van der Waals surface area (Å²) in [7, 11) is -2.92. The van der Waals surface area contributed by atoms with Gasteiger partial charge in [0.25, 0.3) is 0 Å². The molecule has 2 saturated heterocycles. The zero-order valence-electron chi connectivity index (χ0n) is 12.7. The average molecular weight is 339 g/mol. The van der Waals surface area contributed by atoms with Crippen molar-refractivity contribution in [1.29, 1.82) is 0 Å². The maximum absolute atomic E-state index is 12.3. The number of carbonyl (C=O) groups excluding carboxylic acids is 1. The molecule has 2 aliphatic rings. The lowest BCUT2D eigenvalue weighted by Crippen LogP contribution is -2.41. The van der Waals surface area contributed by atoms with Gasteiger partial charge in [-0.3, -0.25) is 4.79 Å². The Kier molecular flexibility index (Phi) is 7.44. The van der Waals surface area contributed by atoms with E-state index in [1.807, 2.05) is 6.92 Å². The van der Waals surface area contributed by atoms with Gasteiger partial charge < -0.3 is 10.2 Å². The maximum atomic E-state index is 12.3. The highest BCUT2D eigenvalue weighted by molar-refractivity contribution is 7.91. The molecule has 0 aromatic rings. The largest absolute Gasteiger partial charge is 0.339 e. The fraction of sp³-hybridized carbons (Fsp3) is 0.929. The van der Waals surface area contributed by atoms with E-state index in [9.17, 15) is 13.2 Å². The van der Waals surface area contributed by atoms with Gasteiger partial charge in [-0.05, 0) is 51.6 Å². The molecule has 1 amide bonds. The smallest absolute Gasteiger partial charge is 0.222 e. The van der Waals surface area contributed by atoms with Crippen LogP contribution in [0.3, 0.4) is 0 Å². The Balaban J connectivity index is 0.00000220. The third-order valence-electron chi connectivity index (χ3n) is 4.54. The Hall–Kier alpha value is -0.330. The molecule has 0 aromatic carbocycles. The topological polar surface area (TPSA) is 66.5 Å². The molecule has 0 saturated carbocycles. The molecule has 0 spiro atoms. The monoisotopic (exact) mass is 338 g/mol. The first kappa shape index (κ1) is 18.7. The Morgan fingerprint density at radius 3 is 2.43 bits per heavy atom. The van der Waals surface area contributed by atoms with Crippen molar-refractivity contribution in [3.63, 3.8) is 0 Å². The van der Waals surface area contributed by atoms with Crippen molar-refractivity contribution < 1.29 is 13.2 Å². The highest BCUT2D eigenvalue weighted by atomic mass is 35.5. The van der Waals surface area contributed by atoms with Gasteiger partial charge in [-0.2, -0.15) is 0 Å². The lowest BCUT2D eigenvalue weighted by atomic mass is 9.93. The van der Waals surface area contributed by atoms with Gasteiger partial charge in [-0.25, -0.2) is 8.42 Å². The molecular weight excluding hydrogens is 312 g/mol. The predicted octanol–water partition coefficient (Wildman–Crippen LogP) is 1.22. The van der Waals surface area contributed by atoms with Crippen LogP contribution in [0.5, 0.6) is 0 Å². The van der Waals surface area contributed by atoms with E-state index >= 15 is 0 Å². The molecule has 1 N–H and O–H groups in total. The SMILES string of the molecule is CCN(C(=O)CCC1CCNCC1)C1CCS(=O)(=O)C1.Cl. The van der Waals surface area contributed by atoms with Crippen LogP contribution < -0.4 is 5.32 Å². The summed E-state index contributed by atoms with van der Waals surface area (Å²) >= 11 is 0. The minimum atomic E-state index is -2.92. The predicted molar refractivity (Wildman–Crippen MR) is 86.5 cm³/mol. The molecule has 7 heteroatoms. The zero-order chi connectivity index (χ0) is 14.6. The Labute approximate surface area is 134 Å². The lowest BCUT2D eigenvalue weighted by molar-refractivity contribution is -0.133. The van der Waals surface area contributed by atoms with Crippen LogP contribution in [0.2, 0.25) is 0 Å². The summed E-state index contributed by atoms with van der Waals surface area (Å²) in [6, 6.07) is -0.0921. The van der Waals surface area contributed by atoms with Gasteiger partial charge >= 0.3 is 0 Å². The van der Waals surface area contributed by atoms with Crippen LogP contribution in [0.25, 0.3) is 0 Å². The number of amides is 1. The van der Waals surface area contributed by atoms with Gasteiger partial charge in [0.1, 0.15) is 0 Å². The molecule has 21 heavy (non-hydrogen) atoms. The Bertz CT molecular complexity index is 436. The van der Waals surface area contributed by atoms with E-state index in [1.54, 1.807) is 4.90 Å². The van der Waals surface area contributed by atoms with Gasteiger partial charge in [-0.1, -0.05) is 0 Å². The summed E-state index contributed by atoms with van der Waals surface area (Å²) in [6.07, 6.45) is 4.41. The van der Waals surface area contributed by atoms with E-state index in [0.29, 0.717) is 25.3 Å². The third-order valence-corrected chi connectivity index (χ3v) is 6.29. The zero-order valence-corrected chi connectivity index (χ0v) is 14.3. The van der Waals surface area contributed by atoms with E-state index in [4.69, 9.17) is 0 Å². The summed E-state index contributed by atoms with van der Waals surface area (Å²) in [5.41, 5.74) is 0. The number of piperidine rings is 1. The van der Waals surface area contributed by atoms with Gasteiger partial charge in [0, 0.05) is 19.0 Å². The molecule has 2 aliphatic heterocycles. The van der Waals surface area contributed by atoms with Crippen LogP contribution in [-0.2, 0) is 14.6 Å². The molecule has 2 fully saturated rings. The molecule has 1 unspecified atom stereocenters. The molecule has 1 atom stereocenters. The summed E-state index contributed by atoms with van der Waals surface area (Å²) in [4.78, 5) is 14.1. The summed E-state index contributed by atoms with van der Waals surface area (Å²) < 4.78 is 23.1. The molecule has 5 nitrogen and oxygen atoms in total. The quantitative estimate of drug-likeness (QED) is 0.818. The molecule has 124 valence electrons. The summed E-state index contributed by atoms with van der Waals surface area (Å²) in [5, 5.41) is 3.33. The van der Waals surface area contributed by atoms with Crippen LogP contribution in [0.15, 0.2) is 0 Å². The van der Waals surface area contributed by atoms with Gasteiger partial charge in [0.15, 0.2) is 9.84 Å². The second-order valence-electron chi connectivity index (χ2n) is 5.97. The number of carbonyl (C=O) groups is 1. The number of hydrogen-bond donors (Lipinski definition) is 1. The minimum Gasteiger partial charge on any atom is -0.339 e. The van der Waals surface area contributed by atoms with Crippen molar-refractivity contribution in [2.75, 3.05) is 31.1 Å². The Morgan fingerprint density at radius 1 is 1.24 bits per heavy atom. The van der Waals surface area contributed by atoms with Gasteiger partial charge in [-0.15, -0.1) is 12.4 Å². The van der Waals surface area contributed by atoms with Crippen molar-refractivity contribution in [1.82, 2.24) is 10.2 Å². The summed E-state index contributed by atoms with van der Waals surface area (Å²) in [6.45, 7) is 4.66. The van der Waals surface area contributed by atoms with Crippen molar-refractivity contribution in [3.8, 4) is 0 Å². The summed E-state index contributed by atoms with van der Waals surface area (Å²) in [5.74, 6) is 1.16. The third kappa shape index (κ3) is 5.42. The highest BCUT2D eigenvalue weighted by Gasteiger charge is 2.33. The van der Waals surface area contributed by atoms with Crippen LogP contribution in [0.1, 0.15) is 39.0 Å². The fourth-order valence-corrected chi connectivity index (χ4v) is 5.03. The molecular formula is C14H27ClN2O3S. The number of nitrogens with zero attached hydrogens (tertiary/aromatic N) is 1. The van der Waals surface area contributed by atoms with Crippen LogP contribution in [0.4, 0.5) is 0 Å². The van der Waals surface area contributed by atoms with Crippen molar-refractivity contribution in [3.05, 3.63) is 0 Å². The first-order chi connectivity index (χ1) is 9.52. The molecule has 0 radical (unpaired) electrons. The second kappa shape index (κ2) is 8.34. The van der Waals surface area contributed by atoms with Crippen molar-refractivity contribution >= 4 is 28.2 Å². The molecule has 2 rings (SSSR count). The number of hydrogen-bond acceptors (Lipinski definition) is 4. The molecule has 0 aliphatic carbocycles. The first-order valence-corrected chi connectivity index (χ1v) is 9.54. The van der Waals surface area contributed by atoms with E-state index in [0.717, 1.165) is 32.4 Å². The Morgan fingerprint density at radius 2 is 1.90 bits per heavy atom. The number of nitrogens with one attached hydrogen (secondary N) is 1. The number of sulfone groups is 1. The normalized spacial score (nSPS) is 25.3. The van der Waals surface area contributed by atoms with Crippen LogP contribution in [0, 0.1) is 5.92 Å². The standard InChI is InChI=1S/C14H26N2O3S.ClH/c1-2-16(13-7-10-20(18,19)11-13)14(17)4-3-12-5-8-15-9-6-12;/h12-13,15H,2-11H2,1H3;1H. The van der Waals surface area contributed by atoms with Crippen molar-refractivity contribution in [2.24, 2.45) is 5.92 Å². The molecule has 0 aromatic heterocycles. The van der Waals surface area contributed by atoms with Gasteiger partial charge in [0.2, 0.25) is 5.91 Å². The van der Waals surface area contributed by atoms with Crippen molar-refractivity contribution in [2.45, 2.75) is 45.1 Å².